The molecule has 0 aromatic heterocycles. The Morgan fingerprint density at radius 2 is 1.75 bits per heavy atom. The number of halogens is 2. The molecule has 0 aliphatic carbocycles. The molecule has 0 unspecified atom stereocenters. The molecule has 2 aromatic carbocycles. The lowest BCUT2D eigenvalue weighted by Gasteiger charge is -2.08. The normalized spacial score (nSPS) is 10.1. The first-order valence-corrected chi connectivity index (χ1v) is 5.43. The van der Waals surface area contributed by atoms with Crippen LogP contribution in [-0.2, 0) is 0 Å². The molecule has 4 heteroatoms. The van der Waals surface area contributed by atoms with Crippen LogP contribution in [0.2, 0.25) is 0 Å². The Balaban J connectivity index is 2.27. The van der Waals surface area contributed by atoms with Gasteiger partial charge in [-0.25, -0.2) is 4.39 Å². The van der Waals surface area contributed by atoms with Gasteiger partial charge in [0, 0.05) is 5.69 Å². The maximum absolute atomic E-state index is 13.2. The highest BCUT2D eigenvalue weighted by Gasteiger charge is 2.06. The summed E-state index contributed by atoms with van der Waals surface area (Å²) in [5.74, 6) is 0.693. The van der Waals surface area contributed by atoms with E-state index < -0.39 is 0 Å². The van der Waals surface area contributed by atoms with Gasteiger partial charge in [0.2, 0.25) is 0 Å². The van der Waals surface area contributed by atoms with E-state index in [4.69, 9.17) is 10.5 Å². The molecule has 0 amide bonds. The van der Waals surface area contributed by atoms with E-state index in [1.165, 1.54) is 6.07 Å². The third kappa shape index (κ3) is 2.33. The number of nitrogen functional groups attached to an aromatic ring is 1. The lowest BCUT2D eigenvalue weighted by Crippen LogP contribution is -1.88. The van der Waals surface area contributed by atoms with Crippen LogP contribution in [0.15, 0.2) is 46.9 Å². The zero-order chi connectivity index (χ0) is 11.5. The maximum atomic E-state index is 13.2. The van der Waals surface area contributed by atoms with Crippen LogP contribution in [0.5, 0.6) is 11.5 Å². The van der Waals surface area contributed by atoms with Crippen molar-refractivity contribution in [2.24, 2.45) is 0 Å². The summed E-state index contributed by atoms with van der Waals surface area (Å²) in [7, 11) is 0. The Morgan fingerprint density at radius 3 is 2.44 bits per heavy atom. The van der Waals surface area contributed by atoms with Gasteiger partial charge < -0.3 is 10.5 Å². The Morgan fingerprint density at radius 1 is 1.06 bits per heavy atom. The first-order valence-electron chi connectivity index (χ1n) is 4.64. The van der Waals surface area contributed by atoms with Gasteiger partial charge in [-0.2, -0.15) is 0 Å². The van der Waals surface area contributed by atoms with Crippen molar-refractivity contribution in [1.29, 1.82) is 0 Å². The quantitative estimate of drug-likeness (QED) is 0.846. The number of nitrogens with two attached hydrogens (primary N) is 1. The molecule has 0 heterocycles. The second kappa shape index (κ2) is 4.53. The Bertz CT molecular complexity index is 499. The van der Waals surface area contributed by atoms with E-state index in [9.17, 15) is 4.39 Å². The van der Waals surface area contributed by atoms with Crippen LogP contribution < -0.4 is 10.5 Å². The lowest BCUT2D eigenvalue weighted by molar-refractivity contribution is 0.472. The molecule has 82 valence electrons. The first-order chi connectivity index (χ1) is 7.66. The van der Waals surface area contributed by atoms with Crippen molar-refractivity contribution in [2.75, 3.05) is 5.73 Å². The molecule has 0 fully saturated rings. The number of rotatable bonds is 2. The van der Waals surface area contributed by atoms with Gasteiger partial charge in [0.25, 0.3) is 0 Å². The van der Waals surface area contributed by atoms with Crippen molar-refractivity contribution < 1.29 is 9.13 Å². The van der Waals surface area contributed by atoms with Crippen LogP contribution in [0, 0.1) is 5.82 Å². The highest BCUT2D eigenvalue weighted by atomic mass is 79.9. The molecule has 0 atom stereocenters. The van der Waals surface area contributed by atoms with Gasteiger partial charge in [0.15, 0.2) is 0 Å². The van der Waals surface area contributed by atoms with Gasteiger partial charge in [-0.1, -0.05) is 6.07 Å². The predicted octanol–water partition coefficient (Wildman–Crippen LogP) is 3.96. The maximum Gasteiger partial charge on any atom is 0.144 e. The minimum absolute atomic E-state index is 0.312. The number of hydrogen-bond donors (Lipinski definition) is 1. The Kier molecular flexibility index (Phi) is 3.10. The molecule has 16 heavy (non-hydrogen) atoms. The molecule has 0 aliphatic heterocycles. The van der Waals surface area contributed by atoms with E-state index in [0.717, 1.165) is 0 Å². The van der Waals surface area contributed by atoms with Crippen molar-refractivity contribution in [2.45, 2.75) is 0 Å². The van der Waals surface area contributed by atoms with E-state index in [0.29, 0.717) is 21.7 Å². The zero-order valence-corrected chi connectivity index (χ0v) is 9.87. The number of hydrogen-bond acceptors (Lipinski definition) is 2. The molecular formula is C12H9BrFNO. The van der Waals surface area contributed by atoms with Crippen molar-refractivity contribution in [3.8, 4) is 11.5 Å². The largest absolute Gasteiger partial charge is 0.456 e. The van der Waals surface area contributed by atoms with Gasteiger partial charge in [-0.15, -0.1) is 0 Å². The standard InChI is InChI=1S/C12H9BrFNO/c13-12-10(14)2-1-3-11(12)16-9-6-4-8(15)5-7-9/h1-7H,15H2. The van der Waals surface area contributed by atoms with E-state index in [1.54, 1.807) is 36.4 Å². The SMILES string of the molecule is Nc1ccc(Oc2cccc(F)c2Br)cc1. The first kappa shape index (κ1) is 11.0. The smallest absolute Gasteiger partial charge is 0.144 e. The summed E-state index contributed by atoms with van der Waals surface area (Å²) in [4.78, 5) is 0. The molecule has 0 bridgehead atoms. The van der Waals surface area contributed by atoms with Gasteiger partial charge in [0.05, 0.1) is 4.47 Å². The Labute approximate surface area is 101 Å². The van der Waals surface area contributed by atoms with Crippen LogP contribution in [0.25, 0.3) is 0 Å². The van der Waals surface area contributed by atoms with Gasteiger partial charge in [0.1, 0.15) is 17.3 Å². The molecule has 2 aromatic rings. The Hall–Kier alpha value is -1.55. The summed E-state index contributed by atoms with van der Waals surface area (Å²) in [5, 5.41) is 0. The summed E-state index contributed by atoms with van der Waals surface area (Å²) in [6, 6.07) is 11.5. The van der Waals surface area contributed by atoms with E-state index >= 15 is 0 Å². The third-order valence-electron chi connectivity index (χ3n) is 2.02. The fraction of sp³-hybridized carbons (Fsp3) is 0. The fourth-order valence-electron chi connectivity index (χ4n) is 1.23. The molecule has 2 rings (SSSR count). The van der Waals surface area contributed by atoms with Crippen LogP contribution in [0.3, 0.4) is 0 Å². The number of ether oxygens (including phenoxy) is 1. The summed E-state index contributed by atoms with van der Waals surface area (Å²) in [6.07, 6.45) is 0. The zero-order valence-electron chi connectivity index (χ0n) is 8.28. The van der Waals surface area contributed by atoms with Crippen LogP contribution >= 0.6 is 15.9 Å². The highest BCUT2D eigenvalue weighted by Crippen LogP contribution is 2.31. The van der Waals surface area contributed by atoms with Gasteiger partial charge in [-0.3, -0.25) is 0 Å². The molecule has 2 nitrogen and oxygen atoms in total. The van der Waals surface area contributed by atoms with Gasteiger partial charge in [-0.05, 0) is 52.3 Å². The van der Waals surface area contributed by atoms with Crippen molar-refractivity contribution in [3.63, 3.8) is 0 Å². The molecule has 0 saturated heterocycles. The van der Waals surface area contributed by atoms with Crippen LogP contribution in [-0.4, -0.2) is 0 Å². The minimum atomic E-state index is -0.354. The summed E-state index contributed by atoms with van der Waals surface area (Å²) in [6.45, 7) is 0. The average Bonchev–Trinajstić information content (AvgIpc) is 2.28. The van der Waals surface area contributed by atoms with Crippen molar-refractivity contribution in [1.82, 2.24) is 0 Å². The molecule has 0 radical (unpaired) electrons. The second-order valence-electron chi connectivity index (χ2n) is 3.22. The summed E-state index contributed by atoms with van der Waals surface area (Å²) in [5.41, 5.74) is 6.21. The second-order valence-corrected chi connectivity index (χ2v) is 4.02. The van der Waals surface area contributed by atoms with E-state index in [1.807, 2.05) is 0 Å². The van der Waals surface area contributed by atoms with Crippen LogP contribution in [0.4, 0.5) is 10.1 Å². The van der Waals surface area contributed by atoms with E-state index in [-0.39, 0.29) is 5.82 Å². The molecular weight excluding hydrogens is 273 g/mol. The number of benzene rings is 2. The van der Waals surface area contributed by atoms with Crippen LogP contribution in [0.1, 0.15) is 0 Å². The number of anilines is 1. The molecule has 0 spiro atoms. The molecule has 0 aliphatic rings. The molecule has 2 N–H and O–H groups in total. The van der Waals surface area contributed by atoms with Crippen molar-refractivity contribution >= 4 is 21.6 Å². The summed E-state index contributed by atoms with van der Waals surface area (Å²) < 4.78 is 19.0. The monoisotopic (exact) mass is 281 g/mol. The van der Waals surface area contributed by atoms with E-state index in [2.05, 4.69) is 15.9 Å². The average molecular weight is 282 g/mol. The summed E-state index contributed by atoms with van der Waals surface area (Å²) >= 11 is 3.13. The highest BCUT2D eigenvalue weighted by molar-refractivity contribution is 9.10. The predicted molar refractivity (Wildman–Crippen MR) is 65.0 cm³/mol. The fourth-order valence-corrected chi connectivity index (χ4v) is 1.57. The van der Waals surface area contributed by atoms with Crippen molar-refractivity contribution in [3.05, 3.63) is 52.8 Å². The van der Waals surface area contributed by atoms with Gasteiger partial charge >= 0.3 is 0 Å². The third-order valence-corrected chi connectivity index (χ3v) is 2.79. The topological polar surface area (TPSA) is 35.2 Å². The lowest BCUT2D eigenvalue weighted by atomic mass is 10.3. The minimum Gasteiger partial charge on any atom is -0.456 e. The molecule has 0 saturated carbocycles.